The number of carbonyl (C=O) groups is 1. The number of benzene rings is 1. The SMILES string of the molecule is C=P(C)(Cc1cc(-c2ccc(F)cc2)sc1C(N)=O)C1CCC(C)CC1. The summed E-state index contributed by atoms with van der Waals surface area (Å²) >= 11 is 1.41. The van der Waals surface area contributed by atoms with Gasteiger partial charge in [-0.1, -0.05) is 31.9 Å². The minimum absolute atomic E-state index is 0.261. The molecule has 5 heteroatoms. The van der Waals surface area contributed by atoms with Gasteiger partial charge in [-0.25, -0.2) is 4.39 Å². The van der Waals surface area contributed by atoms with Crippen molar-refractivity contribution in [3.05, 3.63) is 46.6 Å². The van der Waals surface area contributed by atoms with Gasteiger partial charge in [0.2, 0.25) is 0 Å². The van der Waals surface area contributed by atoms with Gasteiger partial charge in [-0.15, -0.1) is 24.5 Å². The molecule has 1 atom stereocenters. The molecule has 0 saturated heterocycles. The lowest BCUT2D eigenvalue weighted by Crippen LogP contribution is -2.19. The molecule has 1 fully saturated rings. The summed E-state index contributed by atoms with van der Waals surface area (Å²) in [7, 11) is 0. The van der Waals surface area contributed by atoms with Crippen LogP contribution in [0.3, 0.4) is 0 Å². The van der Waals surface area contributed by atoms with Crippen molar-refractivity contribution in [3.63, 3.8) is 0 Å². The molecular weight excluding hydrogens is 364 g/mol. The van der Waals surface area contributed by atoms with Gasteiger partial charge in [-0.2, -0.15) is 0 Å². The maximum atomic E-state index is 13.2. The van der Waals surface area contributed by atoms with E-state index in [1.165, 1.54) is 49.2 Å². The van der Waals surface area contributed by atoms with Crippen molar-refractivity contribution in [3.8, 4) is 10.4 Å². The molecule has 3 rings (SSSR count). The number of rotatable bonds is 5. The molecule has 1 aromatic heterocycles. The number of hydrogen-bond donors (Lipinski definition) is 1. The zero-order valence-electron chi connectivity index (χ0n) is 15.5. The molecule has 1 aliphatic rings. The topological polar surface area (TPSA) is 43.1 Å². The fourth-order valence-electron chi connectivity index (χ4n) is 3.90. The van der Waals surface area contributed by atoms with Gasteiger partial charge >= 0.3 is 0 Å². The fraction of sp³-hybridized carbons (Fsp3) is 0.429. The molecule has 1 unspecified atom stereocenters. The Morgan fingerprint density at radius 3 is 2.46 bits per heavy atom. The second-order valence-electron chi connectivity index (χ2n) is 7.89. The van der Waals surface area contributed by atoms with Crippen LogP contribution in [0, 0.1) is 11.7 Å². The Bertz CT molecular complexity index is 834. The third-order valence-electron chi connectivity index (χ3n) is 5.56. The van der Waals surface area contributed by atoms with E-state index in [-0.39, 0.29) is 11.7 Å². The van der Waals surface area contributed by atoms with Crippen LogP contribution in [0.2, 0.25) is 0 Å². The summed E-state index contributed by atoms with van der Waals surface area (Å²) in [5, 5.41) is 0. The quantitative estimate of drug-likeness (QED) is 0.642. The first-order chi connectivity index (χ1) is 12.3. The van der Waals surface area contributed by atoms with Crippen LogP contribution in [0.4, 0.5) is 4.39 Å². The lowest BCUT2D eigenvalue weighted by molar-refractivity contribution is 0.100. The van der Waals surface area contributed by atoms with Crippen molar-refractivity contribution in [1.82, 2.24) is 0 Å². The molecule has 0 radical (unpaired) electrons. The first-order valence-electron chi connectivity index (χ1n) is 9.14. The van der Waals surface area contributed by atoms with Crippen LogP contribution in [0.15, 0.2) is 30.3 Å². The van der Waals surface area contributed by atoms with E-state index in [2.05, 4.69) is 26.0 Å². The van der Waals surface area contributed by atoms with Gasteiger partial charge < -0.3 is 5.73 Å². The maximum Gasteiger partial charge on any atom is 0.259 e. The third kappa shape index (κ3) is 4.29. The predicted molar refractivity (Wildman–Crippen MR) is 113 cm³/mol. The summed E-state index contributed by atoms with van der Waals surface area (Å²) in [6.07, 6.45) is 10.5. The molecule has 2 N–H and O–H groups in total. The number of primary amides is 1. The molecule has 140 valence electrons. The van der Waals surface area contributed by atoms with Gasteiger partial charge in [0.05, 0.1) is 4.88 Å². The minimum atomic E-state index is -1.43. The normalized spacial score (nSPS) is 22.7. The van der Waals surface area contributed by atoms with Gasteiger partial charge in [0, 0.05) is 4.88 Å². The van der Waals surface area contributed by atoms with Gasteiger partial charge in [0.25, 0.3) is 5.91 Å². The van der Waals surface area contributed by atoms with Crippen LogP contribution in [0.25, 0.3) is 10.4 Å². The summed E-state index contributed by atoms with van der Waals surface area (Å²) in [5.74, 6) is 0.178. The minimum Gasteiger partial charge on any atom is -0.365 e. The van der Waals surface area contributed by atoms with Crippen LogP contribution >= 0.6 is 18.2 Å². The first-order valence-corrected chi connectivity index (χ1v) is 12.6. The monoisotopic (exact) mass is 391 g/mol. The summed E-state index contributed by atoms with van der Waals surface area (Å²) < 4.78 is 13.2. The Kier molecular flexibility index (Phi) is 5.74. The second kappa shape index (κ2) is 7.70. The van der Waals surface area contributed by atoms with Crippen LogP contribution < -0.4 is 5.73 Å². The van der Waals surface area contributed by atoms with Crippen molar-refractivity contribution in [2.24, 2.45) is 11.7 Å². The average molecular weight is 391 g/mol. The number of thiophene rings is 1. The molecule has 0 spiro atoms. The highest BCUT2D eigenvalue weighted by atomic mass is 32.1. The Labute approximate surface area is 159 Å². The fourth-order valence-corrected chi connectivity index (χ4v) is 7.87. The zero-order valence-corrected chi connectivity index (χ0v) is 17.2. The van der Waals surface area contributed by atoms with Crippen molar-refractivity contribution >= 4 is 30.4 Å². The van der Waals surface area contributed by atoms with Crippen LogP contribution in [0.1, 0.15) is 47.8 Å². The van der Waals surface area contributed by atoms with Crippen molar-refractivity contribution in [2.45, 2.75) is 44.4 Å². The molecule has 1 heterocycles. The second-order valence-corrected chi connectivity index (χ2v) is 12.9. The van der Waals surface area contributed by atoms with Gasteiger partial charge in [0.1, 0.15) is 5.82 Å². The highest BCUT2D eigenvalue weighted by Crippen LogP contribution is 2.56. The molecule has 1 amide bonds. The molecule has 2 aromatic rings. The number of hydrogen-bond acceptors (Lipinski definition) is 2. The lowest BCUT2D eigenvalue weighted by Gasteiger charge is -2.35. The summed E-state index contributed by atoms with van der Waals surface area (Å²) in [6.45, 7) is 3.21. The number of nitrogens with two attached hydrogens (primary N) is 1. The molecule has 2 nitrogen and oxygen atoms in total. The molecule has 0 bridgehead atoms. The van der Waals surface area contributed by atoms with Crippen molar-refractivity contribution in [1.29, 1.82) is 0 Å². The number of amides is 1. The standard InChI is InChI=1S/C21H27FNOPS/c1-14-4-10-18(11-5-14)25(2,3)13-16-12-19(26-20(16)21(23)24)15-6-8-17(22)9-7-15/h6-9,12,14,18H,2,4-5,10-11,13H2,1,3H3,(H2,23,24). The van der Waals surface area contributed by atoms with Crippen molar-refractivity contribution in [2.75, 3.05) is 6.66 Å². The van der Waals surface area contributed by atoms with Crippen LogP contribution in [-0.2, 0) is 6.16 Å². The molecule has 0 aliphatic heterocycles. The molecule has 26 heavy (non-hydrogen) atoms. The maximum absolute atomic E-state index is 13.2. The summed E-state index contributed by atoms with van der Waals surface area (Å²) in [4.78, 5) is 13.6. The van der Waals surface area contributed by atoms with E-state index in [1.807, 2.05) is 0 Å². The zero-order chi connectivity index (χ0) is 18.9. The predicted octanol–water partition coefficient (Wildman–Crippen LogP) is 5.81. The van der Waals surface area contributed by atoms with E-state index in [0.717, 1.165) is 28.1 Å². The Morgan fingerprint density at radius 2 is 1.88 bits per heavy atom. The Hall–Kier alpha value is -1.38. The Morgan fingerprint density at radius 1 is 1.27 bits per heavy atom. The molecule has 1 saturated carbocycles. The van der Waals surface area contributed by atoms with Crippen LogP contribution in [0.5, 0.6) is 0 Å². The largest absolute Gasteiger partial charge is 0.365 e. The van der Waals surface area contributed by atoms with Gasteiger partial charge in [-0.05, 0) is 66.6 Å². The number of carbonyl (C=O) groups excluding carboxylic acids is 1. The highest BCUT2D eigenvalue weighted by Gasteiger charge is 2.28. The number of halogens is 1. The smallest absolute Gasteiger partial charge is 0.259 e. The summed E-state index contributed by atoms with van der Waals surface area (Å²) in [5.41, 5.74) is 8.26. The van der Waals surface area contributed by atoms with E-state index >= 15 is 0 Å². The van der Waals surface area contributed by atoms with E-state index in [0.29, 0.717) is 10.5 Å². The summed E-state index contributed by atoms with van der Waals surface area (Å²) in [6, 6.07) is 8.45. The van der Waals surface area contributed by atoms with E-state index in [9.17, 15) is 9.18 Å². The highest BCUT2D eigenvalue weighted by molar-refractivity contribution is 7.73. The molecule has 1 aromatic carbocycles. The van der Waals surface area contributed by atoms with E-state index in [1.54, 1.807) is 12.1 Å². The molecular formula is C21H27FNOPS. The Balaban J connectivity index is 1.87. The first kappa shape index (κ1) is 19.4. The average Bonchev–Trinajstić information content (AvgIpc) is 2.99. The van der Waals surface area contributed by atoms with Crippen LogP contribution in [-0.4, -0.2) is 24.5 Å². The van der Waals surface area contributed by atoms with Gasteiger partial charge in [0.15, 0.2) is 0 Å². The van der Waals surface area contributed by atoms with E-state index < -0.39 is 6.89 Å². The van der Waals surface area contributed by atoms with Crippen molar-refractivity contribution < 1.29 is 9.18 Å². The third-order valence-corrected chi connectivity index (χ3v) is 10.1. The van der Waals surface area contributed by atoms with Gasteiger partial charge in [-0.3, -0.25) is 4.79 Å². The van der Waals surface area contributed by atoms with E-state index in [4.69, 9.17) is 5.73 Å². The molecule has 1 aliphatic carbocycles. The lowest BCUT2D eigenvalue weighted by atomic mass is 9.91.